The Bertz CT molecular complexity index is 380. The summed E-state index contributed by atoms with van der Waals surface area (Å²) >= 11 is 3.38. The standard InChI is InChI=1S/C13H18BrNO3/c1-15(8-9-17-2)12(13(16)18-3)10-4-6-11(14)7-5-10/h4-7,12H,8-9H2,1-3H3/t12-/m1/s1. The summed E-state index contributed by atoms with van der Waals surface area (Å²) in [5.41, 5.74) is 0.906. The van der Waals surface area contributed by atoms with Gasteiger partial charge in [0.15, 0.2) is 0 Å². The van der Waals surface area contributed by atoms with Crippen LogP contribution in [0, 0.1) is 0 Å². The smallest absolute Gasteiger partial charge is 0.327 e. The van der Waals surface area contributed by atoms with Crippen LogP contribution in [0.4, 0.5) is 0 Å². The molecule has 0 amide bonds. The third kappa shape index (κ3) is 4.08. The fraction of sp³-hybridized carbons (Fsp3) is 0.462. The highest BCUT2D eigenvalue weighted by atomic mass is 79.9. The second kappa shape index (κ2) is 7.51. The Morgan fingerprint density at radius 2 is 1.94 bits per heavy atom. The Morgan fingerprint density at radius 3 is 2.44 bits per heavy atom. The topological polar surface area (TPSA) is 38.8 Å². The van der Waals surface area contributed by atoms with Gasteiger partial charge in [0, 0.05) is 18.1 Å². The maximum atomic E-state index is 11.9. The van der Waals surface area contributed by atoms with E-state index >= 15 is 0 Å². The van der Waals surface area contributed by atoms with Crippen molar-refractivity contribution in [2.45, 2.75) is 6.04 Å². The number of benzene rings is 1. The second-order valence-corrected chi connectivity index (χ2v) is 4.87. The summed E-state index contributed by atoms with van der Waals surface area (Å²) in [6, 6.07) is 7.24. The van der Waals surface area contributed by atoms with Crippen LogP contribution in [-0.2, 0) is 14.3 Å². The van der Waals surface area contributed by atoms with Crippen molar-refractivity contribution in [1.29, 1.82) is 0 Å². The molecule has 1 aromatic carbocycles. The lowest BCUT2D eigenvalue weighted by Crippen LogP contribution is -2.34. The number of halogens is 1. The molecule has 5 heteroatoms. The molecule has 1 aromatic rings. The van der Waals surface area contributed by atoms with E-state index in [1.54, 1.807) is 7.11 Å². The Kier molecular flexibility index (Phi) is 6.32. The van der Waals surface area contributed by atoms with E-state index < -0.39 is 6.04 Å². The normalized spacial score (nSPS) is 12.5. The van der Waals surface area contributed by atoms with Gasteiger partial charge in [-0.15, -0.1) is 0 Å². The van der Waals surface area contributed by atoms with E-state index in [0.29, 0.717) is 13.2 Å². The maximum Gasteiger partial charge on any atom is 0.327 e. The average molecular weight is 316 g/mol. The fourth-order valence-corrected chi connectivity index (χ4v) is 1.96. The van der Waals surface area contributed by atoms with Crippen LogP contribution in [0.5, 0.6) is 0 Å². The first-order chi connectivity index (χ1) is 8.60. The Hall–Kier alpha value is -0.910. The van der Waals surface area contributed by atoms with E-state index in [-0.39, 0.29) is 5.97 Å². The first-order valence-electron chi connectivity index (χ1n) is 5.62. The predicted molar refractivity (Wildman–Crippen MR) is 73.4 cm³/mol. The maximum absolute atomic E-state index is 11.9. The number of hydrogen-bond donors (Lipinski definition) is 0. The Balaban J connectivity index is 2.90. The zero-order chi connectivity index (χ0) is 13.5. The van der Waals surface area contributed by atoms with Crippen LogP contribution < -0.4 is 0 Å². The molecule has 18 heavy (non-hydrogen) atoms. The van der Waals surface area contributed by atoms with Crippen LogP contribution in [0.15, 0.2) is 28.7 Å². The van der Waals surface area contributed by atoms with Gasteiger partial charge in [0.05, 0.1) is 13.7 Å². The first kappa shape index (κ1) is 15.1. The molecular weight excluding hydrogens is 298 g/mol. The highest BCUT2D eigenvalue weighted by molar-refractivity contribution is 9.10. The van der Waals surface area contributed by atoms with Gasteiger partial charge in [-0.05, 0) is 24.7 Å². The molecule has 0 fully saturated rings. The summed E-state index contributed by atoms with van der Waals surface area (Å²) in [5.74, 6) is -0.268. The summed E-state index contributed by atoms with van der Waals surface area (Å²) < 4.78 is 10.9. The van der Waals surface area contributed by atoms with Gasteiger partial charge in [0.1, 0.15) is 6.04 Å². The van der Waals surface area contributed by atoms with Gasteiger partial charge >= 0.3 is 5.97 Å². The number of ether oxygens (including phenoxy) is 2. The SMILES string of the molecule is COCCN(C)[C@@H](C(=O)OC)c1ccc(Br)cc1. The molecule has 0 unspecified atom stereocenters. The van der Waals surface area contributed by atoms with Crippen LogP contribution in [0.1, 0.15) is 11.6 Å². The van der Waals surface area contributed by atoms with E-state index in [4.69, 9.17) is 9.47 Å². The molecule has 1 rings (SSSR count). The third-order valence-electron chi connectivity index (χ3n) is 2.70. The number of methoxy groups -OCH3 is 2. The van der Waals surface area contributed by atoms with E-state index in [9.17, 15) is 4.79 Å². The molecule has 0 heterocycles. The Labute approximate surface area is 116 Å². The molecule has 0 bridgehead atoms. The molecule has 0 saturated heterocycles. The highest BCUT2D eigenvalue weighted by Gasteiger charge is 2.25. The summed E-state index contributed by atoms with van der Waals surface area (Å²) in [4.78, 5) is 13.8. The van der Waals surface area contributed by atoms with E-state index in [2.05, 4.69) is 15.9 Å². The lowest BCUT2D eigenvalue weighted by molar-refractivity contribution is -0.147. The van der Waals surface area contributed by atoms with Crippen LogP contribution in [0.3, 0.4) is 0 Å². The van der Waals surface area contributed by atoms with Crippen molar-refractivity contribution in [1.82, 2.24) is 4.90 Å². The molecule has 1 atom stereocenters. The molecule has 100 valence electrons. The molecule has 0 aromatic heterocycles. The van der Waals surface area contributed by atoms with E-state index in [1.807, 2.05) is 36.2 Å². The molecule has 0 aliphatic carbocycles. The number of hydrogen-bond acceptors (Lipinski definition) is 4. The molecule has 4 nitrogen and oxygen atoms in total. The van der Waals surface area contributed by atoms with Crippen molar-refractivity contribution < 1.29 is 14.3 Å². The fourth-order valence-electron chi connectivity index (χ4n) is 1.69. The number of likely N-dealkylation sites (N-methyl/N-ethyl adjacent to an activating group) is 1. The van der Waals surface area contributed by atoms with Crippen molar-refractivity contribution >= 4 is 21.9 Å². The largest absolute Gasteiger partial charge is 0.468 e. The molecule has 0 saturated carbocycles. The van der Waals surface area contributed by atoms with Crippen molar-refractivity contribution in [3.05, 3.63) is 34.3 Å². The lowest BCUT2D eigenvalue weighted by Gasteiger charge is -2.25. The molecule has 0 N–H and O–H groups in total. The second-order valence-electron chi connectivity index (χ2n) is 3.95. The van der Waals surface area contributed by atoms with Gasteiger partial charge in [-0.1, -0.05) is 28.1 Å². The van der Waals surface area contributed by atoms with E-state index in [0.717, 1.165) is 10.0 Å². The zero-order valence-corrected chi connectivity index (χ0v) is 12.4. The summed E-state index contributed by atoms with van der Waals surface area (Å²) in [5, 5.41) is 0. The van der Waals surface area contributed by atoms with Gasteiger partial charge in [-0.25, -0.2) is 4.79 Å². The van der Waals surface area contributed by atoms with Crippen molar-refractivity contribution in [2.75, 3.05) is 34.4 Å². The number of esters is 1. The molecule has 0 spiro atoms. The Morgan fingerprint density at radius 1 is 1.33 bits per heavy atom. The average Bonchev–Trinajstić information content (AvgIpc) is 2.38. The summed E-state index contributed by atoms with van der Waals surface area (Å²) in [6.07, 6.45) is 0. The van der Waals surface area contributed by atoms with Gasteiger partial charge in [-0.3, -0.25) is 4.90 Å². The van der Waals surface area contributed by atoms with Crippen LogP contribution in [-0.4, -0.2) is 45.3 Å². The lowest BCUT2D eigenvalue weighted by atomic mass is 10.1. The van der Waals surface area contributed by atoms with Gasteiger partial charge in [0.2, 0.25) is 0 Å². The minimum atomic E-state index is -0.404. The molecular formula is C13H18BrNO3. The van der Waals surface area contributed by atoms with Gasteiger partial charge in [0.25, 0.3) is 0 Å². The minimum Gasteiger partial charge on any atom is -0.468 e. The van der Waals surface area contributed by atoms with Gasteiger partial charge < -0.3 is 9.47 Å². The summed E-state index contributed by atoms with van der Waals surface area (Å²) in [6.45, 7) is 1.23. The minimum absolute atomic E-state index is 0.268. The number of carbonyl (C=O) groups is 1. The van der Waals surface area contributed by atoms with Crippen molar-refractivity contribution in [3.63, 3.8) is 0 Å². The first-order valence-corrected chi connectivity index (χ1v) is 6.42. The number of carbonyl (C=O) groups excluding carboxylic acids is 1. The predicted octanol–water partition coefficient (Wildman–Crippen LogP) is 2.24. The molecule has 0 radical (unpaired) electrons. The van der Waals surface area contributed by atoms with Crippen molar-refractivity contribution in [2.24, 2.45) is 0 Å². The number of nitrogens with zero attached hydrogens (tertiary/aromatic N) is 1. The number of rotatable bonds is 6. The van der Waals surface area contributed by atoms with E-state index in [1.165, 1.54) is 7.11 Å². The summed E-state index contributed by atoms with van der Waals surface area (Å²) in [7, 11) is 4.92. The monoisotopic (exact) mass is 315 g/mol. The van der Waals surface area contributed by atoms with Crippen molar-refractivity contribution in [3.8, 4) is 0 Å². The third-order valence-corrected chi connectivity index (χ3v) is 3.23. The van der Waals surface area contributed by atoms with Gasteiger partial charge in [-0.2, -0.15) is 0 Å². The molecule has 0 aliphatic rings. The van der Waals surface area contributed by atoms with Crippen LogP contribution >= 0.6 is 15.9 Å². The van der Waals surface area contributed by atoms with Crippen LogP contribution in [0.2, 0.25) is 0 Å². The quantitative estimate of drug-likeness (QED) is 0.755. The zero-order valence-electron chi connectivity index (χ0n) is 10.9. The molecule has 0 aliphatic heterocycles. The highest BCUT2D eigenvalue weighted by Crippen LogP contribution is 2.22. The van der Waals surface area contributed by atoms with Crippen LogP contribution in [0.25, 0.3) is 0 Å².